The normalized spacial score (nSPS) is 11.6. The van der Waals surface area contributed by atoms with Crippen molar-refractivity contribution in [1.82, 2.24) is 4.90 Å². The molecule has 0 amide bonds. The maximum atomic E-state index is 2.58. The summed E-state index contributed by atoms with van der Waals surface area (Å²) in [5.74, 6) is 0. The molecule has 0 aromatic rings. The summed E-state index contributed by atoms with van der Waals surface area (Å²) in [5.41, 5.74) is 0. The molecule has 0 atom stereocenters. The van der Waals surface area contributed by atoms with Crippen LogP contribution in [0.1, 0.15) is 194 Å². The second-order valence-electron chi connectivity index (χ2n) is 11.5. The second kappa shape index (κ2) is 31.0. The summed E-state index contributed by atoms with van der Waals surface area (Å²) in [6, 6.07) is 0. The van der Waals surface area contributed by atoms with Gasteiger partial charge in [-0.15, -0.1) is 0 Å². The molecule has 0 spiro atoms. The zero-order chi connectivity index (χ0) is 24.8. The van der Waals surface area contributed by atoms with Crippen LogP contribution in [0.5, 0.6) is 0 Å². The maximum Gasteiger partial charge on any atom is -0.00218 e. The second-order valence-corrected chi connectivity index (χ2v) is 11.5. The van der Waals surface area contributed by atoms with Crippen LogP contribution in [0.15, 0.2) is 0 Å². The Labute approximate surface area is 218 Å². The number of hydrogen-bond donors (Lipinski definition) is 0. The Kier molecular flexibility index (Phi) is 31.0. The fourth-order valence-electron chi connectivity index (χ4n) is 5.26. The van der Waals surface area contributed by atoms with Crippen molar-refractivity contribution in [3.8, 4) is 0 Å². The highest BCUT2D eigenvalue weighted by Crippen LogP contribution is 2.15. The molecule has 206 valence electrons. The van der Waals surface area contributed by atoms with Gasteiger partial charge in [-0.3, -0.25) is 0 Å². The van der Waals surface area contributed by atoms with Gasteiger partial charge in [-0.25, -0.2) is 0 Å². The average Bonchev–Trinajstić information content (AvgIpc) is 2.84. The van der Waals surface area contributed by atoms with E-state index >= 15 is 0 Å². The van der Waals surface area contributed by atoms with Gasteiger partial charge in [-0.05, 0) is 33.0 Å². The van der Waals surface area contributed by atoms with E-state index in [0.29, 0.717) is 0 Å². The van der Waals surface area contributed by atoms with Gasteiger partial charge in [0.25, 0.3) is 0 Å². The van der Waals surface area contributed by atoms with Crippen LogP contribution in [0.2, 0.25) is 0 Å². The Bertz CT molecular complexity index is 339. The van der Waals surface area contributed by atoms with Gasteiger partial charge < -0.3 is 4.90 Å². The highest BCUT2D eigenvalue weighted by molar-refractivity contribution is 4.55. The van der Waals surface area contributed by atoms with Gasteiger partial charge in [0, 0.05) is 0 Å². The summed E-state index contributed by atoms with van der Waals surface area (Å²) in [6.07, 6.45) is 40.9. The van der Waals surface area contributed by atoms with Crippen molar-refractivity contribution < 1.29 is 0 Å². The van der Waals surface area contributed by atoms with Crippen molar-refractivity contribution in [2.45, 2.75) is 194 Å². The Morgan fingerprint density at radius 2 is 0.441 bits per heavy atom. The standard InChI is InChI=1S/C33H69N/c1-4-6-8-10-12-14-15-16-17-18-19-20-21-22-23-24-25-27-29-31-33-34(3)32-30-28-26-13-11-9-7-5-2/h4-33H2,1-3H3. The van der Waals surface area contributed by atoms with E-state index in [1.807, 2.05) is 0 Å². The van der Waals surface area contributed by atoms with Gasteiger partial charge in [0.2, 0.25) is 0 Å². The molecule has 0 aliphatic rings. The van der Waals surface area contributed by atoms with Crippen LogP contribution >= 0.6 is 0 Å². The highest BCUT2D eigenvalue weighted by Gasteiger charge is 1.99. The summed E-state index contributed by atoms with van der Waals surface area (Å²) >= 11 is 0. The third kappa shape index (κ3) is 30.0. The average molecular weight is 480 g/mol. The van der Waals surface area contributed by atoms with Gasteiger partial charge >= 0.3 is 0 Å². The molecule has 0 saturated carbocycles. The topological polar surface area (TPSA) is 3.24 Å². The Hall–Kier alpha value is -0.0400. The first kappa shape index (κ1) is 34.0. The van der Waals surface area contributed by atoms with Crippen molar-refractivity contribution in [1.29, 1.82) is 0 Å². The SMILES string of the molecule is CCCCCCCCCCCCCCCCCCCCCCN(C)CCCCCCCCCC. The molecule has 0 N–H and O–H groups in total. The fourth-order valence-corrected chi connectivity index (χ4v) is 5.26. The summed E-state index contributed by atoms with van der Waals surface area (Å²) in [6.45, 7) is 7.24. The number of hydrogen-bond acceptors (Lipinski definition) is 1. The molecule has 0 unspecified atom stereocenters. The first-order chi connectivity index (χ1) is 16.8. The van der Waals surface area contributed by atoms with Gasteiger partial charge in [0.15, 0.2) is 0 Å². The van der Waals surface area contributed by atoms with Crippen LogP contribution < -0.4 is 0 Å². The molecular formula is C33H69N. The lowest BCUT2D eigenvalue weighted by Crippen LogP contribution is -2.20. The highest BCUT2D eigenvalue weighted by atomic mass is 15.1. The lowest BCUT2D eigenvalue weighted by atomic mass is 10.0. The lowest BCUT2D eigenvalue weighted by molar-refractivity contribution is 0.314. The van der Waals surface area contributed by atoms with E-state index in [0.717, 1.165) is 0 Å². The molecular weight excluding hydrogens is 410 g/mol. The van der Waals surface area contributed by atoms with Crippen LogP contribution in [0.4, 0.5) is 0 Å². The van der Waals surface area contributed by atoms with E-state index in [4.69, 9.17) is 0 Å². The molecule has 0 saturated heterocycles. The van der Waals surface area contributed by atoms with E-state index in [1.165, 1.54) is 193 Å². The Balaban J connectivity index is 3.10. The molecule has 0 aliphatic heterocycles. The lowest BCUT2D eigenvalue weighted by Gasteiger charge is -2.16. The summed E-state index contributed by atoms with van der Waals surface area (Å²) in [5, 5.41) is 0. The molecule has 0 rings (SSSR count). The van der Waals surface area contributed by atoms with Crippen LogP contribution in [-0.4, -0.2) is 25.0 Å². The molecule has 0 heterocycles. The number of unbranched alkanes of at least 4 members (excludes halogenated alkanes) is 26. The minimum Gasteiger partial charge on any atom is -0.306 e. The minimum absolute atomic E-state index is 1.31. The van der Waals surface area contributed by atoms with Crippen molar-refractivity contribution in [2.75, 3.05) is 20.1 Å². The quantitative estimate of drug-likeness (QED) is 0.0925. The van der Waals surface area contributed by atoms with Gasteiger partial charge in [0.1, 0.15) is 0 Å². The Morgan fingerprint density at radius 1 is 0.265 bits per heavy atom. The third-order valence-corrected chi connectivity index (χ3v) is 7.79. The summed E-state index contributed by atoms with van der Waals surface area (Å²) in [7, 11) is 2.33. The minimum atomic E-state index is 1.31. The summed E-state index contributed by atoms with van der Waals surface area (Å²) in [4.78, 5) is 2.58. The van der Waals surface area contributed by atoms with Crippen LogP contribution in [0.3, 0.4) is 0 Å². The smallest absolute Gasteiger partial charge is 0.00218 e. The molecule has 0 radical (unpaired) electrons. The molecule has 1 heteroatoms. The maximum absolute atomic E-state index is 2.58. The number of rotatable bonds is 30. The molecule has 0 fully saturated rings. The van der Waals surface area contributed by atoms with Crippen molar-refractivity contribution in [3.05, 3.63) is 0 Å². The van der Waals surface area contributed by atoms with Crippen LogP contribution in [0.25, 0.3) is 0 Å². The molecule has 0 aromatic carbocycles. The summed E-state index contributed by atoms with van der Waals surface area (Å²) < 4.78 is 0. The predicted octanol–water partition coefficient (Wildman–Crippen LogP) is 11.9. The van der Waals surface area contributed by atoms with E-state index < -0.39 is 0 Å². The van der Waals surface area contributed by atoms with Crippen molar-refractivity contribution >= 4 is 0 Å². The zero-order valence-electron chi connectivity index (χ0n) is 24.7. The van der Waals surface area contributed by atoms with Crippen molar-refractivity contribution in [2.24, 2.45) is 0 Å². The van der Waals surface area contributed by atoms with E-state index in [2.05, 4.69) is 25.8 Å². The van der Waals surface area contributed by atoms with Crippen LogP contribution in [0, 0.1) is 0 Å². The zero-order valence-corrected chi connectivity index (χ0v) is 24.7. The largest absolute Gasteiger partial charge is 0.306 e. The first-order valence-corrected chi connectivity index (χ1v) is 16.5. The Morgan fingerprint density at radius 3 is 0.647 bits per heavy atom. The predicted molar refractivity (Wildman–Crippen MR) is 158 cm³/mol. The molecule has 34 heavy (non-hydrogen) atoms. The van der Waals surface area contributed by atoms with Gasteiger partial charge in [0.05, 0.1) is 0 Å². The van der Waals surface area contributed by atoms with E-state index in [-0.39, 0.29) is 0 Å². The van der Waals surface area contributed by atoms with Crippen molar-refractivity contribution in [3.63, 3.8) is 0 Å². The van der Waals surface area contributed by atoms with Gasteiger partial charge in [-0.1, -0.05) is 181 Å². The number of nitrogens with zero attached hydrogens (tertiary/aromatic N) is 1. The molecule has 0 bridgehead atoms. The van der Waals surface area contributed by atoms with Crippen LogP contribution in [-0.2, 0) is 0 Å². The first-order valence-electron chi connectivity index (χ1n) is 16.5. The molecule has 0 aliphatic carbocycles. The third-order valence-electron chi connectivity index (χ3n) is 7.79. The molecule has 1 nitrogen and oxygen atoms in total. The monoisotopic (exact) mass is 480 g/mol. The fraction of sp³-hybridized carbons (Fsp3) is 1.00. The van der Waals surface area contributed by atoms with E-state index in [9.17, 15) is 0 Å². The van der Waals surface area contributed by atoms with E-state index in [1.54, 1.807) is 0 Å². The molecule has 0 aromatic heterocycles. The van der Waals surface area contributed by atoms with Gasteiger partial charge in [-0.2, -0.15) is 0 Å².